The monoisotopic (exact) mass is 325 g/mol. The molecule has 0 bridgehead atoms. The van der Waals surface area contributed by atoms with E-state index >= 15 is 0 Å². The Labute approximate surface area is 88.6 Å². The summed E-state index contributed by atoms with van der Waals surface area (Å²) in [5, 5.41) is 0. The molecule has 0 aliphatic carbocycles. The maximum atomic E-state index is 5.54. The fourth-order valence-electron chi connectivity index (χ4n) is 0.844. The van der Waals surface area contributed by atoms with Gasteiger partial charge in [0.05, 0.1) is 0 Å². The largest absolute Gasteiger partial charge is 0.326 e. The summed E-state index contributed by atoms with van der Waals surface area (Å²) in [6, 6.07) is 4.21. The summed E-state index contributed by atoms with van der Waals surface area (Å²) in [5.41, 5.74) is 7.99. The first kappa shape index (κ1) is 9.48. The van der Waals surface area contributed by atoms with Crippen LogP contribution in [0, 0.1) is 10.5 Å². The number of halogens is 2. The first-order chi connectivity index (χ1) is 5.15. The van der Waals surface area contributed by atoms with E-state index in [1.807, 2.05) is 0 Å². The van der Waals surface area contributed by atoms with E-state index in [4.69, 9.17) is 5.73 Å². The topological polar surface area (TPSA) is 26.0 Å². The molecule has 0 unspecified atom stereocenters. The van der Waals surface area contributed by atoms with Crippen LogP contribution in [0.2, 0.25) is 0 Å². The first-order valence-corrected chi connectivity index (χ1v) is 5.17. The lowest BCUT2D eigenvalue weighted by molar-refractivity contribution is 1.05. The van der Waals surface area contributed by atoms with Crippen molar-refractivity contribution in [3.63, 3.8) is 0 Å². The van der Waals surface area contributed by atoms with Crippen LogP contribution in [0.5, 0.6) is 0 Å². The van der Waals surface area contributed by atoms with Crippen LogP contribution in [0.25, 0.3) is 0 Å². The highest BCUT2D eigenvalue weighted by Crippen LogP contribution is 2.22. The minimum absolute atomic E-state index is 0.594. The molecule has 0 aliphatic rings. The molecule has 0 aromatic heterocycles. The lowest BCUT2D eigenvalue weighted by atomic mass is 10.1. The highest BCUT2D eigenvalue weighted by atomic mass is 127. The molecule has 0 spiro atoms. The smallest absolute Gasteiger partial charge is 0.0223 e. The van der Waals surface area contributed by atoms with Crippen LogP contribution < -0.4 is 5.73 Å². The zero-order chi connectivity index (χ0) is 8.43. The molecule has 0 saturated heterocycles. The van der Waals surface area contributed by atoms with Crippen LogP contribution in [0.1, 0.15) is 11.1 Å². The minimum atomic E-state index is 0.594. The molecule has 0 fully saturated rings. The van der Waals surface area contributed by atoms with Crippen LogP contribution in [-0.2, 0) is 6.54 Å². The molecular formula is C8H9BrIN. The zero-order valence-corrected chi connectivity index (χ0v) is 9.94. The van der Waals surface area contributed by atoms with Gasteiger partial charge in [0.25, 0.3) is 0 Å². The van der Waals surface area contributed by atoms with E-state index in [0.717, 1.165) is 4.47 Å². The van der Waals surface area contributed by atoms with Crippen molar-refractivity contribution in [1.29, 1.82) is 0 Å². The van der Waals surface area contributed by atoms with Gasteiger partial charge in [-0.2, -0.15) is 0 Å². The predicted octanol–water partition coefficient (Wildman–Crippen LogP) is 2.82. The number of benzene rings is 1. The van der Waals surface area contributed by atoms with Crippen molar-refractivity contribution >= 4 is 38.5 Å². The molecule has 0 aliphatic heterocycles. The second-order valence-electron chi connectivity index (χ2n) is 2.40. The number of hydrogen-bond acceptors (Lipinski definition) is 1. The van der Waals surface area contributed by atoms with E-state index < -0.39 is 0 Å². The number of nitrogens with two attached hydrogens (primary N) is 1. The molecule has 3 heteroatoms. The van der Waals surface area contributed by atoms with Gasteiger partial charge in [0.2, 0.25) is 0 Å². The Kier molecular flexibility index (Phi) is 3.33. The van der Waals surface area contributed by atoms with Crippen molar-refractivity contribution in [2.24, 2.45) is 5.73 Å². The van der Waals surface area contributed by atoms with Crippen molar-refractivity contribution in [1.82, 2.24) is 0 Å². The van der Waals surface area contributed by atoms with Crippen molar-refractivity contribution in [3.05, 3.63) is 31.3 Å². The van der Waals surface area contributed by atoms with Crippen LogP contribution in [-0.4, -0.2) is 0 Å². The van der Waals surface area contributed by atoms with Crippen LogP contribution in [0.4, 0.5) is 0 Å². The average Bonchev–Trinajstić information content (AvgIpc) is 1.97. The third-order valence-electron chi connectivity index (χ3n) is 1.55. The number of rotatable bonds is 1. The molecule has 1 aromatic carbocycles. The Bertz CT molecular complexity index is 273. The lowest BCUT2D eigenvalue weighted by Crippen LogP contribution is -1.98. The SMILES string of the molecule is Cc1cc(Br)c(CN)cc1I. The molecule has 1 rings (SSSR count). The summed E-state index contributed by atoms with van der Waals surface area (Å²) in [6.45, 7) is 2.68. The Hall–Kier alpha value is 0.390. The zero-order valence-electron chi connectivity index (χ0n) is 6.20. The van der Waals surface area contributed by atoms with Gasteiger partial charge < -0.3 is 5.73 Å². The third-order valence-corrected chi connectivity index (χ3v) is 3.45. The van der Waals surface area contributed by atoms with E-state index in [1.165, 1.54) is 14.7 Å². The Balaban J connectivity index is 3.21. The van der Waals surface area contributed by atoms with E-state index in [-0.39, 0.29) is 0 Å². The molecule has 11 heavy (non-hydrogen) atoms. The highest BCUT2D eigenvalue weighted by Gasteiger charge is 2.00. The fourth-order valence-corrected chi connectivity index (χ4v) is 2.00. The van der Waals surface area contributed by atoms with E-state index in [2.05, 4.69) is 57.6 Å². The molecule has 0 radical (unpaired) electrons. The maximum Gasteiger partial charge on any atom is 0.0223 e. The normalized spacial score (nSPS) is 10.2. The van der Waals surface area contributed by atoms with Gasteiger partial charge in [-0.05, 0) is 52.8 Å². The summed E-state index contributed by atoms with van der Waals surface area (Å²) in [4.78, 5) is 0. The van der Waals surface area contributed by atoms with Crippen molar-refractivity contribution in [3.8, 4) is 0 Å². The number of aryl methyl sites for hydroxylation is 1. The van der Waals surface area contributed by atoms with Gasteiger partial charge in [-0.3, -0.25) is 0 Å². The van der Waals surface area contributed by atoms with Crippen LogP contribution >= 0.6 is 38.5 Å². The standard InChI is InChI=1S/C8H9BrIN/c1-5-2-7(9)6(4-11)3-8(5)10/h2-3H,4,11H2,1H3. The van der Waals surface area contributed by atoms with Crippen molar-refractivity contribution in [2.75, 3.05) is 0 Å². The maximum absolute atomic E-state index is 5.54. The van der Waals surface area contributed by atoms with Gasteiger partial charge in [-0.15, -0.1) is 0 Å². The molecular weight excluding hydrogens is 317 g/mol. The Morgan fingerprint density at radius 3 is 2.73 bits per heavy atom. The molecule has 60 valence electrons. The summed E-state index contributed by atoms with van der Waals surface area (Å²) in [7, 11) is 0. The van der Waals surface area contributed by atoms with Gasteiger partial charge in [-0.25, -0.2) is 0 Å². The lowest BCUT2D eigenvalue weighted by Gasteiger charge is -2.04. The summed E-state index contributed by atoms with van der Waals surface area (Å²) in [5.74, 6) is 0. The molecule has 0 amide bonds. The van der Waals surface area contributed by atoms with Gasteiger partial charge in [-0.1, -0.05) is 15.9 Å². The van der Waals surface area contributed by atoms with E-state index in [1.54, 1.807) is 0 Å². The van der Waals surface area contributed by atoms with Gasteiger partial charge >= 0.3 is 0 Å². The van der Waals surface area contributed by atoms with Gasteiger partial charge in [0, 0.05) is 14.6 Å². The summed E-state index contributed by atoms with van der Waals surface area (Å²) >= 11 is 5.77. The quantitative estimate of drug-likeness (QED) is 0.789. The molecule has 0 heterocycles. The Morgan fingerprint density at radius 2 is 2.18 bits per heavy atom. The fraction of sp³-hybridized carbons (Fsp3) is 0.250. The minimum Gasteiger partial charge on any atom is -0.326 e. The molecule has 2 N–H and O–H groups in total. The van der Waals surface area contributed by atoms with Gasteiger partial charge in [0.1, 0.15) is 0 Å². The molecule has 1 aromatic rings. The van der Waals surface area contributed by atoms with Crippen molar-refractivity contribution < 1.29 is 0 Å². The van der Waals surface area contributed by atoms with E-state index in [0.29, 0.717) is 6.54 Å². The predicted molar refractivity (Wildman–Crippen MR) is 59.5 cm³/mol. The third kappa shape index (κ3) is 2.16. The van der Waals surface area contributed by atoms with Crippen LogP contribution in [0.3, 0.4) is 0 Å². The Morgan fingerprint density at radius 1 is 1.55 bits per heavy atom. The second-order valence-corrected chi connectivity index (χ2v) is 4.41. The summed E-state index contributed by atoms with van der Waals surface area (Å²) in [6.07, 6.45) is 0. The summed E-state index contributed by atoms with van der Waals surface area (Å²) < 4.78 is 2.38. The number of hydrogen-bond donors (Lipinski definition) is 1. The molecule has 0 atom stereocenters. The molecule has 0 saturated carbocycles. The highest BCUT2D eigenvalue weighted by molar-refractivity contribution is 14.1. The molecule has 1 nitrogen and oxygen atoms in total. The first-order valence-electron chi connectivity index (χ1n) is 3.29. The van der Waals surface area contributed by atoms with Crippen LogP contribution in [0.15, 0.2) is 16.6 Å². The van der Waals surface area contributed by atoms with E-state index in [9.17, 15) is 0 Å². The average molecular weight is 326 g/mol. The van der Waals surface area contributed by atoms with Gasteiger partial charge in [0.15, 0.2) is 0 Å². The van der Waals surface area contributed by atoms with Crippen molar-refractivity contribution in [2.45, 2.75) is 13.5 Å². The second kappa shape index (κ2) is 3.87.